The van der Waals surface area contributed by atoms with Crippen molar-refractivity contribution in [3.8, 4) is 0 Å². The summed E-state index contributed by atoms with van der Waals surface area (Å²) in [6.07, 6.45) is 2.43. The first-order chi connectivity index (χ1) is 7.65. The lowest BCUT2D eigenvalue weighted by molar-refractivity contribution is -0.154. The van der Waals surface area contributed by atoms with Crippen molar-refractivity contribution >= 4 is 35.4 Å². The fourth-order valence-electron chi connectivity index (χ4n) is 1.83. The molecule has 1 amide bonds. The molecule has 0 radical (unpaired) electrons. The summed E-state index contributed by atoms with van der Waals surface area (Å²) >= 11 is 3.27. The highest BCUT2D eigenvalue weighted by atomic mass is 32.2. The number of hydrogen-bond acceptors (Lipinski definition) is 4. The van der Waals surface area contributed by atoms with Crippen LogP contribution in [0.3, 0.4) is 0 Å². The van der Waals surface area contributed by atoms with Crippen molar-refractivity contribution in [2.75, 3.05) is 11.5 Å². The van der Waals surface area contributed by atoms with E-state index in [1.807, 2.05) is 6.08 Å². The number of carboxylic acid groups (broad SMARTS) is 1. The minimum Gasteiger partial charge on any atom is -0.479 e. The van der Waals surface area contributed by atoms with Crippen LogP contribution in [0.1, 0.15) is 13.3 Å². The second-order valence-corrected chi connectivity index (χ2v) is 6.15. The van der Waals surface area contributed by atoms with Gasteiger partial charge in [-0.05, 0) is 5.75 Å². The summed E-state index contributed by atoms with van der Waals surface area (Å²) in [6.45, 7) is 2.07. The molecule has 2 fully saturated rings. The van der Waals surface area contributed by atoms with Gasteiger partial charge in [-0.25, -0.2) is 4.79 Å². The van der Waals surface area contributed by atoms with Crippen molar-refractivity contribution in [1.82, 2.24) is 4.90 Å². The van der Waals surface area contributed by atoms with Crippen LogP contribution in [0, 0.1) is 0 Å². The Morgan fingerprint density at radius 1 is 1.75 bits per heavy atom. The zero-order valence-electron chi connectivity index (χ0n) is 8.88. The predicted octanol–water partition coefficient (Wildman–Crippen LogP) is 1.38. The minimum absolute atomic E-state index is 0.0450. The number of amides is 1. The quantitative estimate of drug-likeness (QED) is 0.610. The average molecular weight is 259 g/mol. The van der Waals surface area contributed by atoms with Gasteiger partial charge in [-0.2, -0.15) is 11.8 Å². The van der Waals surface area contributed by atoms with E-state index in [1.165, 1.54) is 16.7 Å². The number of carbonyl (C=O) groups excluding carboxylic acids is 1. The summed E-state index contributed by atoms with van der Waals surface area (Å²) < 4.78 is 0. The largest absolute Gasteiger partial charge is 0.479 e. The molecule has 0 spiro atoms. The third-order valence-corrected chi connectivity index (χ3v) is 4.75. The van der Waals surface area contributed by atoms with Crippen molar-refractivity contribution in [3.63, 3.8) is 0 Å². The number of thioether (sulfide) groups is 2. The first-order valence-corrected chi connectivity index (χ1v) is 7.17. The van der Waals surface area contributed by atoms with Crippen LogP contribution >= 0.6 is 23.5 Å². The van der Waals surface area contributed by atoms with E-state index in [0.717, 1.165) is 16.4 Å². The van der Waals surface area contributed by atoms with Gasteiger partial charge in [0, 0.05) is 10.7 Å². The average Bonchev–Trinajstić information content (AvgIpc) is 2.52. The van der Waals surface area contributed by atoms with E-state index in [-0.39, 0.29) is 11.3 Å². The topological polar surface area (TPSA) is 57.6 Å². The molecular weight excluding hydrogens is 246 g/mol. The second-order valence-electron chi connectivity index (χ2n) is 3.58. The van der Waals surface area contributed by atoms with Crippen molar-refractivity contribution in [3.05, 3.63) is 11.0 Å². The van der Waals surface area contributed by atoms with Crippen LogP contribution in [0.4, 0.5) is 0 Å². The fraction of sp³-hybridized carbons (Fsp3) is 0.600. The molecule has 16 heavy (non-hydrogen) atoms. The van der Waals surface area contributed by atoms with Crippen molar-refractivity contribution in [2.24, 2.45) is 0 Å². The molecule has 0 aliphatic carbocycles. The van der Waals surface area contributed by atoms with Crippen molar-refractivity contribution in [1.29, 1.82) is 0 Å². The Morgan fingerprint density at radius 2 is 2.50 bits per heavy atom. The number of fused-ring (bicyclic) bond motifs is 1. The summed E-state index contributed by atoms with van der Waals surface area (Å²) in [5, 5.41) is 9.19. The van der Waals surface area contributed by atoms with Crippen LogP contribution in [-0.4, -0.2) is 44.8 Å². The highest BCUT2D eigenvalue weighted by Gasteiger charge is 2.52. The Balaban J connectivity index is 2.10. The van der Waals surface area contributed by atoms with Gasteiger partial charge in [0.2, 0.25) is 5.91 Å². The molecule has 0 bridgehead atoms. The maximum atomic E-state index is 11.3. The molecule has 0 aromatic rings. The smallest absolute Gasteiger partial charge is 0.331 e. The van der Waals surface area contributed by atoms with Gasteiger partial charge in [-0.15, -0.1) is 11.8 Å². The second kappa shape index (κ2) is 4.71. The Kier molecular flexibility index (Phi) is 3.49. The number of rotatable bonds is 4. The van der Waals surface area contributed by atoms with Gasteiger partial charge in [0.1, 0.15) is 0 Å². The molecule has 2 aliphatic heterocycles. The molecule has 0 aromatic carbocycles. The lowest BCUT2D eigenvalue weighted by atomic mass is 10.1. The lowest BCUT2D eigenvalue weighted by Gasteiger charge is -2.35. The molecule has 1 unspecified atom stereocenters. The minimum atomic E-state index is -0.921. The molecule has 6 heteroatoms. The molecule has 0 aromatic heterocycles. The highest BCUT2D eigenvalue weighted by Crippen LogP contribution is 2.46. The summed E-state index contributed by atoms with van der Waals surface area (Å²) in [4.78, 5) is 24.7. The molecular formula is C10H13NO3S2. The standard InChI is InChI=1S/C10H13NO3S2/c1-2-15-4-3-6-9(10(13)14)11-7(12)5-8(11)16-6/h3,8-9H,2,4-5H2,1H3,(H,13,14)/t8-,9?/m1/s1. The summed E-state index contributed by atoms with van der Waals surface area (Å²) in [5.41, 5.74) is 0. The van der Waals surface area contributed by atoms with E-state index in [4.69, 9.17) is 5.11 Å². The van der Waals surface area contributed by atoms with Crippen LogP contribution < -0.4 is 0 Å². The van der Waals surface area contributed by atoms with E-state index >= 15 is 0 Å². The maximum Gasteiger partial charge on any atom is 0.331 e. The van der Waals surface area contributed by atoms with E-state index < -0.39 is 12.0 Å². The predicted molar refractivity (Wildman–Crippen MR) is 65.3 cm³/mol. The van der Waals surface area contributed by atoms with Gasteiger partial charge in [0.05, 0.1) is 11.8 Å². The highest BCUT2D eigenvalue weighted by molar-refractivity contribution is 8.04. The van der Waals surface area contributed by atoms with E-state index in [9.17, 15) is 9.59 Å². The van der Waals surface area contributed by atoms with Gasteiger partial charge in [-0.1, -0.05) is 13.0 Å². The van der Waals surface area contributed by atoms with Gasteiger partial charge in [0.15, 0.2) is 6.04 Å². The molecule has 1 N–H and O–H groups in total. The zero-order valence-corrected chi connectivity index (χ0v) is 10.5. The molecule has 2 atom stereocenters. The number of aliphatic carboxylic acids is 1. The Morgan fingerprint density at radius 3 is 3.06 bits per heavy atom. The molecule has 2 heterocycles. The molecule has 2 aliphatic rings. The van der Waals surface area contributed by atoms with Gasteiger partial charge in [0.25, 0.3) is 0 Å². The van der Waals surface area contributed by atoms with Gasteiger partial charge >= 0.3 is 5.97 Å². The van der Waals surface area contributed by atoms with Crippen LogP contribution in [0.15, 0.2) is 11.0 Å². The van der Waals surface area contributed by atoms with Crippen molar-refractivity contribution < 1.29 is 14.7 Å². The van der Waals surface area contributed by atoms with Crippen LogP contribution in [0.2, 0.25) is 0 Å². The Bertz CT molecular complexity index is 356. The summed E-state index contributed by atoms with van der Waals surface area (Å²) in [6, 6.07) is -0.728. The van der Waals surface area contributed by atoms with E-state index in [1.54, 1.807) is 11.8 Å². The molecule has 2 rings (SSSR count). The maximum absolute atomic E-state index is 11.3. The molecule has 0 saturated carbocycles. The SMILES string of the molecule is CCSCC=C1S[C@@H]2CC(=O)N2C1C(=O)O. The van der Waals surface area contributed by atoms with E-state index in [2.05, 4.69) is 6.92 Å². The van der Waals surface area contributed by atoms with E-state index in [0.29, 0.717) is 6.42 Å². The van der Waals surface area contributed by atoms with Gasteiger partial charge in [-0.3, -0.25) is 4.79 Å². The van der Waals surface area contributed by atoms with Crippen LogP contribution in [0.5, 0.6) is 0 Å². The van der Waals surface area contributed by atoms with Crippen LogP contribution in [-0.2, 0) is 9.59 Å². The Labute approximate surface area is 102 Å². The zero-order chi connectivity index (χ0) is 11.7. The fourth-order valence-corrected chi connectivity index (χ4v) is 3.88. The Hall–Kier alpha value is -0.620. The van der Waals surface area contributed by atoms with Crippen LogP contribution in [0.25, 0.3) is 0 Å². The number of carboxylic acids is 1. The number of carbonyl (C=O) groups is 2. The molecule has 2 saturated heterocycles. The van der Waals surface area contributed by atoms with Gasteiger partial charge < -0.3 is 10.0 Å². The molecule has 4 nitrogen and oxygen atoms in total. The number of β-lactam (4-membered cyclic amide) rings is 1. The monoisotopic (exact) mass is 259 g/mol. The lowest BCUT2D eigenvalue weighted by Crippen LogP contribution is -2.53. The summed E-state index contributed by atoms with van der Waals surface area (Å²) in [7, 11) is 0. The molecule has 88 valence electrons. The third-order valence-electron chi connectivity index (χ3n) is 2.61. The number of nitrogens with zero attached hydrogens (tertiary/aromatic N) is 1. The number of hydrogen-bond donors (Lipinski definition) is 1. The first-order valence-electron chi connectivity index (χ1n) is 5.13. The first kappa shape index (κ1) is 11.9. The van der Waals surface area contributed by atoms with Crippen molar-refractivity contribution in [2.45, 2.75) is 24.8 Å². The normalized spacial score (nSPS) is 30.4. The summed E-state index contributed by atoms with van der Waals surface area (Å²) in [5.74, 6) is 0.863. The third kappa shape index (κ3) is 1.96.